The van der Waals surface area contributed by atoms with Crippen molar-refractivity contribution in [3.05, 3.63) is 35.6 Å². The molecule has 0 aromatic heterocycles. The summed E-state index contributed by atoms with van der Waals surface area (Å²) in [7, 11) is 0. The third kappa shape index (κ3) is 6.03. The Balaban J connectivity index is 2.39. The van der Waals surface area contributed by atoms with Crippen molar-refractivity contribution in [3.63, 3.8) is 0 Å². The summed E-state index contributed by atoms with van der Waals surface area (Å²) in [5.41, 5.74) is 0.491. The number of hydrogen-bond donors (Lipinski definition) is 3. The monoisotopic (exact) mass is 296 g/mol. The standard InChI is InChI=1S/C14H17FN2O4/c1-2-11(14(20)21)17-13(19)8-16-12(18)7-9-4-3-5-10(15)6-9/h3-6,11H,2,7-8H2,1H3,(H,16,18)(H,17,19)(H,20,21). The number of carbonyl (C=O) groups is 3. The number of rotatable bonds is 7. The zero-order valence-corrected chi connectivity index (χ0v) is 11.6. The number of carboxylic acids is 1. The van der Waals surface area contributed by atoms with Gasteiger partial charge >= 0.3 is 5.97 Å². The van der Waals surface area contributed by atoms with Crippen LogP contribution < -0.4 is 10.6 Å². The van der Waals surface area contributed by atoms with Gasteiger partial charge < -0.3 is 15.7 Å². The van der Waals surface area contributed by atoms with Crippen molar-refractivity contribution in [2.45, 2.75) is 25.8 Å². The maximum atomic E-state index is 12.9. The Kier molecular flexibility index (Phi) is 6.32. The molecule has 1 rings (SSSR count). The molecule has 21 heavy (non-hydrogen) atoms. The van der Waals surface area contributed by atoms with Crippen LogP contribution in [0.2, 0.25) is 0 Å². The summed E-state index contributed by atoms with van der Waals surface area (Å²) in [6.45, 7) is 1.31. The quantitative estimate of drug-likeness (QED) is 0.681. The highest BCUT2D eigenvalue weighted by atomic mass is 19.1. The Labute approximate surface area is 121 Å². The molecule has 0 radical (unpaired) electrons. The molecule has 7 heteroatoms. The van der Waals surface area contributed by atoms with Crippen LogP contribution in [0.25, 0.3) is 0 Å². The van der Waals surface area contributed by atoms with Crippen molar-refractivity contribution >= 4 is 17.8 Å². The first kappa shape index (κ1) is 16.6. The highest BCUT2D eigenvalue weighted by molar-refractivity contribution is 5.88. The molecule has 0 saturated heterocycles. The number of benzene rings is 1. The molecule has 6 nitrogen and oxygen atoms in total. The van der Waals surface area contributed by atoms with Crippen molar-refractivity contribution < 1.29 is 23.9 Å². The van der Waals surface area contributed by atoms with Crippen molar-refractivity contribution in [2.24, 2.45) is 0 Å². The lowest BCUT2D eigenvalue weighted by atomic mass is 10.1. The maximum Gasteiger partial charge on any atom is 0.326 e. The minimum absolute atomic E-state index is 0.0544. The smallest absolute Gasteiger partial charge is 0.326 e. The minimum atomic E-state index is -1.13. The molecule has 1 aromatic rings. The van der Waals surface area contributed by atoms with Gasteiger partial charge in [-0.15, -0.1) is 0 Å². The molecule has 0 heterocycles. The lowest BCUT2D eigenvalue weighted by Gasteiger charge is -2.12. The van der Waals surface area contributed by atoms with Crippen LogP contribution in [-0.2, 0) is 20.8 Å². The van der Waals surface area contributed by atoms with E-state index in [1.807, 2.05) is 0 Å². The van der Waals surface area contributed by atoms with E-state index >= 15 is 0 Å². The van der Waals surface area contributed by atoms with Gasteiger partial charge in [-0.05, 0) is 24.1 Å². The van der Waals surface area contributed by atoms with Gasteiger partial charge in [0.1, 0.15) is 11.9 Å². The summed E-state index contributed by atoms with van der Waals surface area (Å²) in [6.07, 6.45) is 0.194. The van der Waals surface area contributed by atoms with E-state index < -0.39 is 29.6 Å². The summed E-state index contributed by atoms with van der Waals surface area (Å²) < 4.78 is 12.9. The third-order valence-electron chi connectivity index (χ3n) is 2.74. The van der Waals surface area contributed by atoms with Crippen LogP contribution in [0.3, 0.4) is 0 Å². The van der Waals surface area contributed by atoms with Crippen molar-refractivity contribution in [2.75, 3.05) is 6.54 Å². The summed E-state index contributed by atoms with van der Waals surface area (Å²) in [5.74, 6) is -2.60. The fourth-order valence-corrected chi connectivity index (χ4v) is 1.66. The van der Waals surface area contributed by atoms with E-state index in [0.717, 1.165) is 0 Å². The van der Waals surface area contributed by atoms with E-state index in [4.69, 9.17) is 5.11 Å². The second-order valence-corrected chi connectivity index (χ2v) is 4.45. The number of nitrogens with one attached hydrogen (secondary N) is 2. The van der Waals surface area contributed by atoms with E-state index in [1.54, 1.807) is 13.0 Å². The molecule has 0 aliphatic carbocycles. The molecular weight excluding hydrogens is 279 g/mol. The predicted molar refractivity (Wildman–Crippen MR) is 73.0 cm³/mol. The number of carbonyl (C=O) groups excluding carboxylic acids is 2. The Morgan fingerprint density at radius 3 is 2.57 bits per heavy atom. The zero-order valence-electron chi connectivity index (χ0n) is 11.6. The summed E-state index contributed by atoms with van der Waals surface area (Å²) in [4.78, 5) is 33.8. The second-order valence-electron chi connectivity index (χ2n) is 4.45. The minimum Gasteiger partial charge on any atom is -0.480 e. The summed E-state index contributed by atoms with van der Waals surface area (Å²) >= 11 is 0. The Bertz CT molecular complexity index is 533. The van der Waals surface area contributed by atoms with Crippen molar-refractivity contribution in [1.29, 1.82) is 0 Å². The molecule has 0 bridgehead atoms. The molecule has 0 saturated carbocycles. The van der Waals surface area contributed by atoms with E-state index in [2.05, 4.69) is 10.6 Å². The van der Waals surface area contributed by atoms with Gasteiger partial charge in [-0.3, -0.25) is 9.59 Å². The van der Waals surface area contributed by atoms with Gasteiger partial charge in [0.25, 0.3) is 0 Å². The number of hydrogen-bond acceptors (Lipinski definition) is 3. The first-order chi connectivity index (χ1) is 9.92. The first-order valence-electron chi connectivity index (χ1n) is 6.45. The third-order valence-corrected chi connectivity index (χ3v) is 2.74. The Morgan fingerprint density at radius 1 is 1.29 bits per heavy atom. The Hall–Kier alpha value is -2.44. The topological polar surface area (TPSA) is 95.5 Å². The number of halogens is 1. The van der Waals surface area contributed by atoms with Crippen molar-refractivity contribution in [3.8, 4) is 0 Å². The zero-order chi connectivity index (χ0) is 15.8. The highest BCUT2D eigenvalue weighted by Gasteiger charge is 2.17. The van der Waals surface area contributed by atoms with Gasteiger partial charge in [0.15, 0.2) is 0 Å². The molecule has 0 fully saturated rings. The fraction of sp³-hybridized carbons (Fsp3) is 0.357. The van der Waals surface area contributed by atoms with Crippen LogP contribution in [0.4, 0.5) is 4.39 Å². The van der Waals surface area contributed by atoms with Gasteiger partial charge in [-0.2, -0.15) is 0 Å². The average molecular weight is 296 g/mol. The average Bonchev–Trinajstić information content (AvgIpc) is 2.42. The lowest BCUT2D eigenvalue weighted by molar-refractivity contribution is -0.141. The largest absolute Gasteiger partial charge is 0.480 e. The van der Waals surface area contributed by atoms with Crippen LogP contribution in [-0.4, -0.2) is 35.5 Å². The van der Waals surface area contributed by atoms with E-state index in [9.17, 15) is 18.8 Å². The molecule has 1 aromatic carbocycles. The van der Waals surface area contributed by atoms with Crippen LogP contribution in [0, 0.1) is 5.82 Å². The number of amides is 2. The normalized spacial score (nSPS) is 11.5. The van der Waals surface area contributed by atoms with Crippen LogP contribution in [0.5, 0.6) is 0 Å². The molecule has 2 amide bonds. The molecule has 0 aliphatic heterocycles. The van der Waals surface area contributed by atoms with Gasteiger partial charge in [-0.25, -0.2) is 9.18 Å². The van der Waals surface area contributed by atoms with Gasteiger partial charge in [0, 0.05) is 0 Å². The molecule has 1 unspecified atom stereocenters. The molecule has 0 aliphatic rings. The fourth-order valence-electron chi connectivity index (χ4n) is 1.66. The van der Waals surface area contributed by atoms with Gasteiger partial charge in [0.2, 0.25) is 11.8 Å². The van der Waals surface area contributed by atoms with E-state index in [1.165, 1.54) is 18.2 Å². The number of carboxylic acid groups (broad SMARTS) is 1. The SMILES string of the molecule is CCC(NC(=O)CNC(=O)Cc1cccc(F)c1)C(=O)O. The molecule has 1 atom stereocenters. The molecule has 114 valence electrons. The molecular formula is C14H17FN2O4. The lowest BCUT2D eigenvalue weighted by Crippen LogP contribution is -2.45. The van der Waals surface area contributed by atoms with Crippen LogP contribution in [0.1, 0.15) is 18.9 Å². The first-order valence-corrected chi connectivity index (χ1v) is 6.45. The highest BCUT2D eigenvalue weighted by Crippen LogP contribution is 2.03. The van der Waals surface area contributed by atoms with Gasteiger partial charge in [-0.1, -0.05) is 19.1 Å². The number of aliphatic carboxylic acids is 1. The van der Waals surface area contributed by atoms with Gasteiger partial charge in [0.05, 0.1) is 13.0 Å². The van der Waals surface area contributed by atoms with Crippen LogP contribution in [0.15, 0.2) is 24.3 Å². The van der Waals surface area contributed by atoms with Crippen molar-refractivity contribution in [1.82, 2.24) is 10.6 Å². The maximum absolute atomic E-state index is 12.9. The molecule has 3 N–H and O–H groups in total. The van der Waals surface area contributed by atoms with E-state index in [-0.39, 0.29) is 19.4 Å². The van der Waals surface area contributed by atoms with E-state index in [0.29, 0.717) is 5.56 Å². The molecule has 0 spiro atoms. The summed E-state index contributed by atoms with van der Waals surface area (Å²) in [6, 6.07) is 4.62. The summed E-state index contributed by atoms with van der Waals surface area (Å²) in [5, 5.41) is 13.4. The predicted octanol–water partition coefficient (Wildman–Crippen LogP) is 0.464. The second kappa shape index (κ2) is 7.98. The van der Waals surface area contributed by atoms with Crippen LogP contribution >= 0.6 is 0 Å². The Morgan fingerprint density at radius 2 is 2.00 bits per heavy atom.